The Morgan fingerprint density at radius 2 is 1.75 bits per heavy atom. The van der Waals surface area contributed by atoms with Crippen LogP contribution in [0.15, 0.2) is 0 Å². The van der Waals surface area contributed by atoms with Gasteiger partial charge in [-0.05, 0) is 0 Å². The van der Waals surface area contributed by atoms with E-state index in [0.717, 1.165) is 0 Å². The number of aliphatic hydroxyl groups is 4. The molecule has 10 nitrogen and oxygen atoms in total. The quantitative estimate of drug-likeness (QED) is 0.240. The molecule has 0 unspecified atom stereocenters. The van der Waals surface area contributed by atoms with E-state index in [9.17, 15) is 24.9 Å². The van der Waals surface area contributed by atoms with Crippen LogP contribution in [0.1, 0.15) is 12.8 Å². The van der Waals surface area contributed by atoms with Gasteiger partial charge in [-0.2, -0.15) is 0 Å². The van der Waals surface area contributed by atoms with Crippen molar-refractivity contribution in [3.63, 3.8) is 0 Å². The number of nitrogens with two attached hydrogens (primary N) is 1. The van der Waals surface area contributed by atoms with Crippen molar-refractivity contribution < 1.29 is 34.8 Å². The summed E-state index contributed by atoms with van der Waals surface area (Å²) in [6.07, 6.45) is -7.11. The first kappa shape index (κ1) is 16.8. The van der Waals surface area contributed by atoms with Crippen molar-refractivity contribution in [2.75, 3.05) is 6.61 Å². The largest absolute Gasteiger partial charge is 0.394 e. The lowest BCUT2D eigenvalue weighted by molar-refractivity contribution is -0.238. The molecule has 0 bridgehead atoms. The smallest absolute Gasteiger partial charge is 0.234 e. The molecule has 0 radical (unpaired) electrons. The van der Waals surface area contributed by atoms with Gasteiger partial charge >= 0.3 is 0 Å². The standard InChI is InChI=1S/C10H19N3O7/c11-5(15)1-2-6(16)12-13-10-9(19)8(18)7(17)4(3-14)20-10/h4,7-10,13-14,17-19H,1-3H2,(H2,11,15)(H,12,16)/t4-,7-,8+,9+,10-/m1/s1. The molecule has 2 amide bonds. The predicted molar refractivity (Wildman–Crippen MR) is 63.5 cm³/mol. The van der Waals surface area contributed by atoms with Gasteiger partial charge in [0.15, 0.2) is 6.23 Å². The van der Waals surface area contributed by atoms with Crippen LogP contribution in [0.4, 0.5) is 0 Å². The van der Waals surface area contributed by atoms with Gasteiger partial charge in [-0.1, -0.05) is 0 Å². The summed E-state index contributed by atoms with van der Waals surface area (Å²) in [7, 11) is 0. The summed E-state index contributed by atoms with van der Waals surface area (Å²) < 4.78 is 5.08. The Hall–Kier alpha value is -1.30. The fourth-order valence-electron chi connectivity index (χ4n) is 1.67. The molecule has 8 N–H and O–H groups in total. The summed E-state index contributed by atoms with van der Waals surface area (Å²) in [6, 6.07) is 0. The van der Waals surface area contributed by atoms with Crippen molar-refractivity contribution in [1.29, 1.82) is 0 Å². The third kappa shape index (κ3) is 4.37. The molecule has 1 rings (SSSR count). The summed E-state index contributed by atoms with van der Waals surface area (Å²) in [5.41, 5.74) is 9.34. The first-order chi connectivity index (χ1) is 9.36. The van der Waals surface area contributed by atoms with Gasteiger partial charge in [0.2, 0.25) is 11.8 Å². The van der Waals surface area contributed by atoms with Gasteiger partial charge < -0.3 is 30.9 Å². The van der Waals surface area contributed by atoms with Crippen LogP contribution < -0.4 is 16.6 Å². The molecule has 1 fully saturated rings. The number of carbonyl (C=O) groups is 2. The van der Waals surface area contributed by atoms with E-state index in [1.54, 1.807) is 0 Å². The Bertz CT molecular complexity index is 352. The average molecular weight is 293 g/mol. The van der Waals surface area contributed by atoms with E-state index in [-0.39, 0.29) is 12.8 Å². The Balaban J connectivity index is 2.46. The zero-order valence-corrected chi connectivity index (χ0v) is 10.6. The highest BCUT2D eigenvalue weighted by Gasteiger charge is 2.43. The topological polar surface area (TPSA) is 174 Å². The second-order valence-electron chi connectivity index (χ2n) is 4.41. The normalized spacial score (nSPS) is 33.7. The number of hydrazine groups is 1. The highest BCUT2D eigenvalue weighted by Crippen LogP contribution is 2.19. The first-order valence-corrected chi connectivity index (χ1v) is 6.00. The number of ether oxygens (including phenoxy) is 1. The van der Waals surface area contributed by atoms with Crippen molar-refractivity contribution in [3.05, 3.63) is 0 Å². The molecule has 5 atom stereocenters. The third-order valence-corrected chi connectivity index (χ3v) is 2.84. The van der Waals surface area contributed by atoms with Crippen molar-refractivity contribution in [2.24, 2.45) is 5.73 Å². The van der Waals surface area contributed by atoms with Crippen molar-refractivity contribution in [1.82, 2.24) is 10.9 Å². The minimum absolute atomic E-state index is 0.137. The lowest BCUT2D eigenvalue weighted by Crippen LogP contribution is -2.64. The van der Waals surface area contributed by atoms with E-state index < -0.39 is 49.1 Å². The van der Waals surface area contributed by atoms with Crippen LogP contribution in [0.5, 0.6) is 0 Å². The molecule has 1 heterocycles. The highest BCUT2D eigenvalue weighted by molar-refractivity contribution is 5.82. The van der Waals surface area contributed by atoms with Gasteiger partial charge in [-0.15, -0.1) is 0 Å². The molecular formula is C10H19N3O7. The predicted octanol–water partition coefficient (Wildman–Crippen LogP) is -4.33. The summed E-state index contributed by atoms with van der Waals surface area (Å²) in [4.78, 5) is 21.8. The fraction of sp³-hybridized carbons (Fsp3) is 0.800. The van der Waals surface area contributed by atoms with E-state index in [2.05, 4.69) is 10.9 Å². The number of primary amides is 1. The Morgan fingerprint density at radius 3 is 2.30 bits per heavy atom. The number of rotatable bonds is 6. The molecule has 0 saturated carbocycles. The van der Waals surface area contributed by atoms with Gasteiger partial charge in [0.05, 0.1) is 6.61 Å². The number of hydrogen-bond acceptors (Lipinski definition) is 8. The minimum atomic E-state index is -1.54. The lowest BCUT2D eigenvalue weighted by atomic mass is 9.99. The molecular weight excluding hydrogens is 274 g/mol. The van der Waals surface area contributed by atoms with E-state index >= 15 is 0 Å². The van der Waals surface area contributed by atoms with Gasteiger partial charge in [0.1, 0.15) is 24.4 Å². The summed E-state index contributed by atoms with van der Waals surface area (Å²) in [6.45, 7) is -0.571. The summed E-state index contributed by atoms with van der Waals surface area (Å²) >= 11 is 0. The van der Waals surface area contributed by atoms with Crippen LogP contribution in [-0.4, -0.2) is 69.5 Å². The van der Waals surface area contributed by atoms with E-state index in [1.165, 1.54) is 0 Å². The number of carbonyl (C=O) groups excluding carboxylic acids is 2. The highest BCUT2D eigenvalue weighted by atomic mass is 16.6. The van der Waals surface area contributed by atoms with E-state index in [1.807, 2.05) is 0 Å². The Labute approximate surface area is 114 Å². The Morgan fingerprint density at radius 1 is 1.10 bits per heavy atom. The van der Waals surface area contributed by atoms with Crippen LogP contribution >= 0.6 is 0 Å². The molecule has 0 aliphatic carbocycles. The van der Waals surface area contributed by atoms with E-state index in [0.29, 0.717) is 0 Å². The molecule has 1 aliphatic heterocycles. The number of hydrogen-bond donors (Lipinski definition) is 7. The van der Waals surface area contributed by atoms with Gasteiger partial charge in [-0.25, -0.2) is 5.43 Å². The van der Waals surface area contributed by atoms with Crippen LogP contribution in [0, 0.1) is 0 Å². The molecule has 20 heavy (non-hydrogen) atoms. The van der Waals surface area contributed by atoms with Crippen LogP contribution in [0.25, 0.3) is 0 Å². The summed E-state index contributed by atoms with van der Waals surface area (Å²) in [5, 5.41) is 37.7. The molecule has 1 aliphatic rings. The molecule has 0 aromatic heterocycles. The minimum Gasteiger partial charge on any atom is -0.394 e. The summed E-state index contributed by atoms with van der Waals surface area (Å²) in [5.74, 6) is -1.20. The number of nitrogens with one attached hydrogen (secondary N) is 2. The molecule has 0 aromatic carbocycles. The van der Waals surface area contributed by atoms with Gasteiger partial charge in [0.25, 0.3) is 0 Å². The second kappa shape index (κ2) is 7.47. The maximum Gasteiger partial charge on any atom is 0.234 e. The second-order valence-corrected chi connectivity index (χ2v) is 4.41. The molecule has 10 heteroatoms. The van der Waals surface area contributed by atoms with Crippen molar-refractivity contribution in [3.8, 4) is 0 Å². The van der Waals surface area contributed by atoms with Crippen LogP contribution in [0.3, 0.4) is 0 Å². The van der Waals surface area contributed by atoms with Crippen molar-refractivity contribution >= 4 is 11.8 Å². The Kier molecular flexibility index (Phi) is 6.26. The molecule has 116 valence electrons. The zero-order valence-electron chi connectivity index (χ0n) is 10.6. The van der Waals surface area contributed by atoms with Gasteiger partial charge in [-0.3, -0.25) is 15.0 Å². The number of amides is 2. The maximum atomic E-state index is 11.3. The van der Waals surface area contributed by atoms with Crippen LogP contribution in [0.2, 0.25) is 0 Å². The third-order valence-electron chi connectivity index (χ3n) is 2.84. The molecule has 0 aromatic rings. The lowest BCUT2D eigenvalue weighted by Gasteiger charge is -2.40. The monoisotopic (exact) mass is 293 g/mol. The molecule has 1 saturated heterocycles. The van der Waals surface area contributed by atoms with Crippen molar-refractivity contribution in [2.45, 2.75) is 43.5 Å². The average Bonchev–Trinajstić information content (AvgIpc) is 2.42. The number of aliphatic hydroxyl groups excluding tert-OH is 4. The zero-order chi connectivity index (χ0) is 15.3. The van der Waals surface area contributed by atoms with E-state index in [4.69, 9.17) is 15.6 Å². The molecule has 0 spiro atoms. The maximum absolute atomic E-state index is 11.3. The fourth-order valence-corrected chi connectivity index (χ4v) is 1.67. The van der Waals surface area contributed by atoms with Gasteiger partial charge in [0, 0.05) is 12.8 Å². The SMILES string of the molecule is NC(=O)CCC(=O)NN[C@@H]1O[C@H](CO)[C@@H](O)[C@H](O)[C@@H]1O. The first-order valence-electron chi connectivity index (χ1n) is 6.00. The van der Waals surface area contributed by atoms with Crippen LogP contribution in [-0.2, 0) is 14.3 Å².